The van der Waals surface area contributed by atoms with E-state index >= 15 is 0 Å². The third-order valence-electron chi connectivity index (χ3n) is 5.13. The first-order valence-corrected chi connectivity index (χ1v) is 8.75. The minimum Gasteiger partial charge on any atom is -0.264 e. The van der Waals surface area contributed by atoms with Crippen molar-refractivity contribution in [3.8, 4) is 0 Å². The fourth-order valence-corrected chi connectivity index (χ4v) is 3.92. The van der Waals surface area contributed by atoms with Gasteiger partial charge in [0.05, 0.1) is 0 Å². The molecule has 0 fully saturated rings. The second-order valence-corrected chi connectivity index (χ2v) is 6.70. The van der Waals surface area contributed by atoms with Crippen molar-refractivity contribution in [2.75, 3.05) is 0 Å². The molecule has 1 atom stereocenters. The summed E-state index contributed by atoms with van der Waals surface area (Å²) in [6.07, 6.45) is 11.7. The minimum atomic E-state index is 0.411. The van der Waals surface area contributed by atoms with E-state index in [-0.39, 0.29) is 0 Å². The number of hydrogen-bond donors (Lipinski definition) is 0. The molecule has 3 aromatic carbocycles. The number of rotatable bonds is 2. The Balaban J connectivity index is 1.59. The molecular weight excluding hydrogens is 302 g/mol. The molecule has 1 radical (unpaired) electrons. The van der Waals surface area contributed by atoms with E-state index in [0.717, 1.165) is 6.42 Å². The molecule has 1 aliphatic rings. The van der Waals surface area contributed by atoms with Crippen LogP contribution in [0.15, 0.2) is 79.1 Å². The molecule has 1 nitrogen and oxygen atoms in total. The highest BCUT2D eigenvalue weighted by molar-refractivity contribution is 6.09. The van der Waals surface area contributed by atoms with Crippen molar-refractivity contribution in [3.05, 3.63) is 102 Å². The Labute approximate surface area is 147 Å². The van der Waals surface area contributed by atoms with Gasteiger partial charge in [-0.05, 0) is 63.1 Å². The van der Waals surface area contributed by atoms with Crippen LogP contribution in [0.3, 0.4) is 0 Å². The molecule has 4 aromatic rings. The van der Waals surface area contributed by atoms with E-state index in [4.69, 9.17) is 0 Å². The van der Waals surface area contributed by atoms with Crippen molar-refractivity contribution in [2.45, 2.75) is 6.42 Å². The van der Waals surface area contributed by atoms with Crippen LogP contribution < -0.4 is 0 Å². The molecule has 25 heavy (non-hydrogen) atoms. The minimum absolute atomic E-state index is 0.411. The van der Waals surface area contributed by atoms with Crippen LogP contribution >= 0.6 is 0 Å². The van der Waals surface area contributed by atoms with Gasteiger partial charge in [-0.1, -0.05) is 66.7 Å². The highest BCUT2D eigenvalue weighted by Gasteiger charge is 2.17. The van der Waals surface area contributed by atoms with Gasteiger partial charge in [0.2, 0.25) is 0 Å². The maximum atomic E-state index is 4.22. The standard InChI is InChI=1S/C24H18N/c1-2-6-21-19(5-1)9-12-23-22(21)11-10-20-8-7-17(15-24(20)23)14-18-4-3-13-25-16-18/h1-14,16-17H,15H2. The Hall–Kier alpha value is -2.93. The van der Waals surface area contributed by atoms with Crippen molar-refractivity contribution in [3.63, 3.8) is 0 Å². The van der Waals surface area contributed by atoms with Gasteiger partial charge < -0.3 is 0 Å². The Morgan fingerprint density at radius 2 is 1.76 bits per heavy atom. The normalized spacial score (nSPS) is 16.2. The summed E-state index contributed by atoms with van der Waals surface area (Å²) in [7, 11) is 0. The molecule has 1 aliphatic carbocycles. The molecule has 0 aliphatic heterocycles. The summed E-state index contributed by atoms with van der Waals surface area (Å²) in [5, 5.41) is 5.38. The Bertz CT molecular complexity index is 1090. The lowest BCUT2D eigenvalue weighted by Gasteiger charge is -2.21. The third-order valence-corrected chi connectivity index (χ3v) is 5.13. The van der Waals surface area contributed by atoms with Crippen LogP contribution in [0.25, 0.3) is 27.6 Å². The highest BCUT2D eigenvalue weighted by atomic mass is 14.6. The molecule has 0 saturated heterocycles. The number of aromatic nitrogens is 1. The Morgan fingerprint density at radius 1 is 0.840 bits per heavy atom. The summed E-state index contributed by atoms with van der Waals surface area (Å²) >= 11 is 0. The Kier molecular flexibility index (Phi) is 3.38. The maximum absolute atomic E-state index is 4.22. The zero-order chi connectivity index (χ0) is 16.6. The first kappa shape index (κ1) is 14.4. The first-order chi connectivity index (χ1) is 12.4. The van der Waals surface area contributed by atoms with E-state index in [1.807, 2.05) is 18.5 Å². The Morgan fingerprint density at radius 3 is 2.68 bits per heavy atom. The van der Waals surface area contributed by atoms with Crippen molar-refractivity contribution >= 4 is 27.6 Å². The summed E-state index contributed by atoms with van der Waals surface area (Å²) in [6, 6.07) is 21.8. The molecule has 5 rings (SSSR count). The second kappa shape index (κ2) is 5.86. The SMILES string of the molecule is [CH](c1cccnc1)C1C=Cc2ccc3c(ccc4ccccc43)c2C1. The maximum Gasteiger partial charge on any atom is 0.0303 e. The van der Waals surface area contributed by atoms with Gasteiger partial charge in [-0.15, -0.1) is 0 Å². The quantitative estimate of drug-likeness (QED) is 0.424. The zero-order valence-corrected chi connectivity index (χ0v) is 13.9. The van der Waals surface area contributed by atoms with E-state index in [0.29, 0.717) is 5.92 Å². The molecule has 0 spiro atoms. The lowest BCUT2D eigenvalue weighted by Crippen LogP contribution is -2.09. The van der Waals surface area contributed by atoms with Gasteiger partial charge in [0, 0.05) is 12.4 Å². The van der Waals surface area contributed by atoms with Gasteiger partial charge in [-0.2, -0.15) is 0 Å². The summed E-state index contributed by atoms with van der Waals surface area (Å²) in [5.74, 6) is 0.411. The number of fused-ring (bicyclic) bond motifs is 5. The van der Waals surface area contributed by atoms with Gasteiger partial charge in [0.15, 0.2) is 0 Å². The fraction of sp³-hybridized carbons (Fsp3) is 0.0833. The van der Waals surface area contributed by atoms with Crippen LogP contribution in [0.2, 0.25) is 0 Å². The molecule has 1 heteroatoms. The first-order valence-electron chi connectivity index (χ1n) is 8.75. The van der Waals surface area contributed by atoms with E-state index in [1.54, 1.807) is 0 Å². The van der Waals surface area contributed by atoms with Crippen molar-refractivity contribution in [1.29, 1.82) is 0 Å². The number of benzene rings is 3. The van der Waals surface area contributed by atoms with E-state index in [1.165, 1.54) is 38.2 Å². The molecule has 0 saturated carbocycles. The topological polar surface area (TPSA) is 12.9 Å². The predicted molar refractivity (Wildman–Crippen MR) is 105 cm³/mol. The summed E-state index contributed by atoms with van der Waals surface area (Å²) in [4.78, 5) is 4.22. The van der Waals surface area contributed by atoms with E-state index < -0.39 is 0 Å². The second-order valence-electron chi connectivity index (χ2n) is 6.70. The van der Waals surface area contributed by atoms with Gasteiger partial charge in [-0.25, -0.2) is 0 Å². The van der Waals surface area contributed by atoms with Crippen molar-refractivity contribution in [1.82, 2.24) is 4.98 Å². The molecule has 0 amide bonds. The van der Waals surface area contributed by atoms with Crippen LogP contribution in [-0.4, -0.2) is 4.98 Å². The molecule has 119 valence electrons. The van der Waals surface area contributed by atoms with E-state index in [2.05, 4.69) is 78.2 Å². The smallest absolute Gasteiger partial charge is 0.0303 e. The highest BCUT2D eigenvalue weighted by Crippen LogP contribution is 2.35. The predicted octanol–water partition coefficient (Wildman–Crippen LogP) is 5.83. The van der Waals surface area contributed by atoms with Gasteiger partial charge in [0.25, 0.3) is 0 Å². The summed E-state index contributed by atoms with van der Waals surface area (Å²) in [5.41, 5.74) is 3.99. The van der Waals surface area contributed by atoms with Crippen molar-refractivity contribution < 1.29 is 0 Å². The average Bonchev–Trinajstić information content (AvgIpc) is 2.68. The molecule has 0 bridgehead atoms. The van der Waals surface area contributed by atoms with Crippen LogP contribution in [0.1, 0.15) is 16.7 Å². The van der Waals surface area contributed by atoms with Crippen LogP contribution in [0.4, 0.5) is 0 Å². The lowest BCUT2D eigenvalue weighted by molar-refractivity contribution is 0.755. The van der Waals surface area contributed by atoms with Gasteiger partial charge in [0.1, 0.15) is 0 Å². The molecule has 1 aromatic heterocycles. The molecule has 0 N–H and O–H groups in total. The van der Waals surface area contributed by atoms with Crippen LogP contribution in [0, 0.1) is 12.3 Å². The largest absolute Gasteiger partial charge is 0.264 e. The third kappa shape index (κ3) is 2.53. The fourth-order valence-electron chi connectivity index (χ4n) is 3.92. The summed E-state index contributed by atoms with van der Waals surface area (Å²) in [6.45, 7) is 0. The number of pyridine rings is 1. The number of allylic oxidation sites excluding steroid dienone is 1. The number of hydrogen-bond acceptors (Lipinski definition) is 1. The zero-order valence-electron chi connectivity index (χ0n) is 13.9. The van der Waals surface area contributed by atoms with Crippen LogP contribution in [-0.2, 0) is 6.42 Å². The van der Waals surface area contributed by atoms with Crippen molar-refractivity contribution in [2.24, 2.45) is 5.92 Å². The molecule has 1 heterocycles. The number of nitrogens with zero attached hydrogens (tertiary/aromatic N) is 1. The molecular formula is C24H18N. The monoisotopic (exact) mass is 320 g/mol. The average molecular weight is 320 g/mol. The van der Waals surface area contributed by atoms with Gasteiger partial charge in [-0.3, -0.25) is 4.98 Å². The molecule has 1 unspecified atom stereocenters. The van der Waals surface area contributed by atoms with E-state index in [9.17, 15) is 0 Å². The van der Waals surface area contributed by atoms with Gasteiger partial charge >= 0.3 is 0 Å². The summed E-state index contributed by atoms with van der Waals surface area (Å²) < 4.78 is 0. The van der Waals surface area contributed by atoms with Crippen LogP contribution in [0.5, 0.6) is 0 Å². The lowest BCUT2D eigenvalue weighted by atomic mass is 9.83.